The third-order valence-electron chi connectivity index (χ3n) is 2.43. The van der Waals surface area contributed by atoms with Gasteiger partial charge in [-0.15, -0.1) is 0 Å². The molecule has 88 valence electrons. The van der Waals surface area contributed by atoms with Crippen LogP contribution in [0.15, 0.2) is 24.3 Å². The van der Waals surface area contributed by atoms with Gasteiger partial charge in [-0.05, 0) is 37.5 Å². The molecule has 0 saturated carbocycles. The Morgan fingerprint density at radius 2 is 1.88 bits per heavy atom. The molecule has 2 heteroatoms. The van der Waals surface area contributed by atoms with Crippen molar-refractivity contribution >= 4 is 5.78 Å². The summed E-state index contributed by atoms with van der Waals surface area (Å²) >= 11 is 0. The van der Waals surface area contributed by atoms with E-state index in [9.17, 15) is 4.79 Å². The van der Waals surface area contributed by atoms with Gasteiger partial charge in [-0.1, -0.05) is 31.9 Å². The van der Waals surface area contributed by atoms with Crippen LogP contribution in [0.25, 0.3) is 0 Å². The molecule has 0 fully saturated rings. The summed E-state index contributed by atoms with van der Waals surface area (Å²) in [6, 6.07) is 8.02. The lowest BCUT2D eigenvalue weighted by Gasteiger charge is -2.05. The summed E-state index contributed by atoms with van der Waals surface area (Å²) in [5.74, 6) is 0.821. The average Bonchev–Trinajstić information content (AvgIpc) is 2.28. The highest BCUT2D eigenvalue weighted by atomic mass is 16.5. The van der Waals surface area contributed by atoms with E-state index in [1.54, 1.807) is 0 Å². The Labute approximate surface area is 97.6 Å². The van der Waals surface area contributed by atoms with Crippen LogP contribution in [0.3, 0.4) is 0 Å². The van der Waals surface area contributed by atoms with Crippen LogP contribution in [0.2, 0.25) is 0 Å². The first-order valence-electron chi connectivity index (χ1n) is 5.93. The lowest BCUT2D eigenvalue weighted by atomic mass is 10.1. The van der Waals surface area contributed by atoms with Crippen LogP contribution in [0, 0.1) is 0 Å². The zero-order valence-electron chi connectivity index (χ0n) is 10.2. The van der Waals surface area contributed by atoms with Gasteiger partial charge in [0.25, 0.3) is 0 Å². The molecule has 1 aromatic rings. The predicted molar refractivity (Wildman–Crippen MR) is 65.8 cm³/mol. The molecule has 16 heavy (non-hydrogen) atoms. The van der Waals surface area contributed by atoms with Gasteiger partial charge < -0.3 is 4.74 Å². The molecule has 2 nitrogen and oxygen atoms in total. The van der Waals surface area contributed by atoms with Gasteiger partial charge in [0.15, 0.2) is 5.78 Å². The highest BCUT2D eigenvalue weighted by Crippen LogP contribution is 2.14. The van der Waals surface area contributed by atoms with Crippen molar-refractivity contribution in [2.45, 2.75) is 39.5 Å². The van der Waals surface area contributed by atoms with Crippen LogP contribution >= 0.6 is 0 Å². The second kappa shape index (κ2) is 7.04. The Balaban J connectivity index is 2.38. The molecular weight excluding hydrogens is 200 g/mol. The molecule has 0 unspecified atom stereocenters. The van der Waals surface area contributed by atoms with Gasteiger partial charge >= 0.3 is 0 Å². The number of hydrogen-bond acceptors (Lipinski definition) is 2. The fourth-order valence-electron chi connectivity index (χ4n) is 1.52. The molecule has 0 bridgehead atoms. The Bertz CT molecular complexity index is 314. The Hall–Kier alpha value is -1.31. The summed E-state index contributed by atoms with van der Waals surface area (Å²) < 4.78 is 5.30. The summed E-state index contributed by atoms with van der Waals surface area (Å²) in [7, 11) is 0. The summed E-state index contributed by atoms with van der Waals surface area (Å²) in [5, 5.41) is 0. The van der Waals surface area contributed by atoms with Gasteiger partial charge in [0.05, 0.1) is 0 Å². The SMILES string of the molecule is CCCCCc1ccc(OCC(C)=O)cc1. The Morgan fingerprint density at radius 3 is 2.44 bits per heavy atom. The number of hydrogen-bond donors (Lipinski definition) is 0. The van der Waals surface area contributed by atoms with E-state index in [4.69, 9.17) is 4.74 Å². The fraction of sp³-hybridized carbons (Fsp3) is 0.500. The molecule has 0 amide bonds. The first kappa shape index (κ1) is 12.8. The molecule has 1 aromatic carbocycles. The Kier molecular flexibility index (Phi) is 5.62. The minimum atomic E-state index is 0.0482. The maximum atomic E-state index is 10.7. The number of ether oxygens (including phenoxy) is 1. The van der Waals surface area contributed by atoms with Crippen molar-refractivity contribution in [3.63, 3.8) is 0 Å². The van der Waals surface area contributed by atoms with Crippen LogP contribution in [0.4, 0.5) is 0 Å². The summed E-state index contributed by atoms with van der Waals surface area (Å²) in [5.41, 5.74) is 1.34. The number of ketones is 1. The topological polar surface area (TPSA) is 26.3 Å². The smallest absolute Gasteiger partial charge is 0.167 e. The van der Waals surface area contributed by atoms with Crippen LogP contribution < -0.4 is 4.74 Å². The van der Waals surface area contributed by atoms with E-state index in [-0.39, 0.29) is 12.4 Å². The van der Waals surface area contributed by atoms with Crippen LogP contribution in [0.1, 0.15) is 38.7 Å². The van der Waals surface area contributed by atoms with E-state index in [1.807, 2.05) is 12.1 Å². The van der Waals surface area contributed by atoms with E-state index in [0.717, 1.165) is 12.2 Å². The predicted octanol–water partition coefficient (Wildman–Crippen LogP) is 3.39. The largest absolute Gasteiger partial charge is 0.486 e. The molecule has 0 radical (unpaired) electrons. The first-order chi connectivity index (χ1) is 7.72. The fourth-order valence-corrected chi connectivity index (χ4v) is 1.52. The average molecular weight is 220 g/mol. The second-order valence-corrected chi connectivity index (χ2v) is 4.09. The van der Waals surface area contributed by atoms with E-state index < -0.39 is 0 Å². The van der Waals surface area contributed by atoms with Crippen molar-refractivity contribution in [3.8, 4) is 5.75 Å². The highest BCUT2D eigenvalue weighted by Gasteiger charge is 1.97. The first-order valence-corrected chi connectivity index (χ1v) is 5.93. The van der Waals surface area contributed by atoms with Crippen LogP contribution in [-0.2, 0) is 11.2 Å². The third-order valence-corrected chi connectivity index (χ3v) is 2.43. The number of benzene rings is 1. The summed E-state index contributed by atoms with van der Waals surface area (Å²) in [6.07, 6.45) is 4.90. The number of carbonyl (C=O) groups excluding carboxylic acids is 1. The number of rotatable bonds is 7. The maximum Gasteiger partial charge on any atom is 0.167 e. The van der Waals surface area contributed by atoms with Crippen LogP contribution in [-0.4, -0.2) is 12.4 Å². The van der Waals surface area contributed by atoms with Crippen molar-refractivity contribution in [3.05, 3.63) is 29.8 Å². The monoisotopic (exact) mass is 220 g/mol. The van der Waals surface area contributed by atoms with E-state index >= 15 is 0 Å². The molecule has 0 saturated heterocycles. The van der Waals surface area contributed by atoms with Gasteiger partial charge in [0.2, 0.25) is 0 Å². The minimum Gasteiger partial charge on any atom is -0.486 e. The molecule has 0 aliphatic rings. The van der Waals surface area contributed by atoms with Gasteiger partial charge in [-0.2, -0.15) is 0 Å². The standard InChI is InChI=1S/C14H20O2/c1-3-4-5-6-13-7-9-14(10-8-13)16-11-12(2)15/h7-10H,3-6,11H2,1-2H3. The number of carbonyl (C=O) groups is 1. The van der Waals surface area contributed by atoms with Crippen LogP contribution in [0.5, 0.6) is 5.75 Å². The Morgan fingerprint density at radius 1 is 1.19 bits per heavy atom. The maximum absolute atomic E-state index is 10.7. The lowest BCUT2D eigenvalue weighted by molar-refractivity contribution is -0.118. The molecule has 1 rings (SSSR count). The summed E-state index contributed by atoms with van der Waals surface area (Å²) in [4.78, 5) is 10.7. The van der Waals surface area contributed by atoms with Crippen molar-refractivity contribution < 1.29 is 9.53 Å². The van der Waals surface area contributed by atoms with E-state index in [0.29, 0.717) is 0 Å². The quantitative estimate of drug-likeness (QED) is 0.658. The van der Waals surface area contributed by atoms with Gasteiger partial charge in [-0.25, -0.2) is 0 Å². The van der Waals surface area contributed by atoms with Crippen molar-refractivity contribution in [2.75, 3.05) is 6.61 Å². The number of Topliss-reactive ketones (excluding diaryl/α,β-unsaturated/α-hetero) is 1. The zero-order chi connectivity index (χ0) is 11.8. The minimum absolute atomic E-state index is 0.0482. The normalized spacial score (nSPS) is 10.1. The molecule has 0 heterocycles. The van der Waals surface area contributed by atoms with E-state index in [1.165, 1.54) is 31.7 Å². The molecular formula is C14H20O2. The second-order valence-electron chi connectivity index (χ2n) is 4.09. The lowest BCUT2D eigenvalue weighted by Crippen LogP contribution is -2.06. The molecule has 0 N–H and O–H groups in total. The number of unbranched alkanes of at least 4 members (excludes halogenated alkanes) is 2. The molecule has 0 aliphatic heterocycles. The van der Waals surface area contributed by atoms with Gasteiger partial charge in [0.1, 0.15) is 12.4 Å². The summed E-state index contributed by atoms with van der Waals surface area (Å²) in [6.45, 7) is 3.90. The number of aryl methyl sites for hydroxylation is 1. The van der Waals surface area contributed by atoms with Gasteiger partial charge in [-0.3, -0.25) is 4.79 Å². The highest BCUT2D eigenvalue weighted by molar-refractivity contribution is 5.77. The van der Waals surface area contributed by atoms with E-state index in [2.05, 4.69) is 19.1 Å². The van der Waals surface area contributed by atoms with Crippen molar-refractivity contribution in [1.82, 2.24) is 0 Å². The zero-order valence-corrected chi connectivity index (χ0v) is 10.2. The van der Waals surface area contributed by atoms with Gasteiger partial charge in [0, 0.05) is 0 Å². The van der Waals surface area contributed by atoms with Crippen molar-refractivity contribution in [2.24, 2.45) is 0 Å². The molecule has 0 spiro atoms. The molecule has 0 aromatic heterocycles. The van der Waals surface area contributed by atoms with Crippen molar-refractivity contribution in [1.29, 1.82) is 0 Å². The third kappa shape index (κ3) is 4.96. The molecule has 0 aliphatic carbocycles. The molecule has 0 atom stereocenters.